The predicted molar refractivity (Wildman–Crippen MR) is 103 cm³/mol. The summed E-state index contributed by atoms with van der Waals surface area (Å²) in [7, 11) is 0. The van der Waals surface area contributed by atoms with E-state index in [9.17, 15) is 5.26 Å². The van der Waals surface area contributed by atoms with Gasteiger partial charge in [0.1, 0.15) is 23.3 Å². The highest BCUT2D eigenvalue weighted by Gasteiger charge is 2.14. The van der Waals surface area contributed by atoms with Crippen LogP contribution < -0.4 is 10.1 Å². The smallest absolute Gasteiger partial charge is 0.146 e. The quantitative estimate of drug-likeness (QED) is 0.671. The van der Waals surface area contributed by atoms with E-state index in [1.54, 1.807) is 6.07 Å². The van der Waals surface area contributed by atoms with Crippen molar-refractivity contribution < 1.29 is 4.74 Å². The number of H-pyrrole nitrogens is 1. The lowest BCUT2D eigenvalue weighted by Crippen LogP contribution is -2.15. The maximum Gasteiger partial charge on any atom is 0.146 e. The summed E-state index contributed by atoms with van der Waals surface area (Å²) in [4.78, 5) is 7.55. The van der Waals surface area contributed by atoms with Crippen molar-refractivity contribution in [3.8, 4) is 11.8 Å². The van der Waals surface area contributed by atoms with Crippen LogP contribution in [0.4, 0.5) is 11.5 Å². The molecule has 132 valence electrons. The number of ether oxygens (including phenoxy) is 1. The molecule has 1 saturated carbocycles. The van der Waals surface area contributed by atoms with Crippen LogP contribution in [0, 0.1) is 17.2 Å². The molecule has 3 aromatic rings. The molecule has 0 saturated heterocycles. The third-order valence-corrected chi connectivity index (χ3v) is 4.95. The lowest BCUT2D eigenvalue weighted by molar-refractivity contribution is 0.209. The molecule has 0 amide bonds. The largest absolute Gasteiger partial charge is 0.493 e. The standard InChI is InChI=1S/C21H22N4O/c22-13-18-10-19(26-14-15-4-2-1-3-5-15)12-21(25-18)24-17-7-6-16-8-9-23-20(16)11-17/h6-12,15,23H,1-5,14H2,(H,24,25). The Morgan fingerprint density at radius 3 is 2.88 bits per heavy atom. The second kappa shape index (κ2) is 7.49. The van der Waals surface area contributed by atoms with Crippen molar-refractivity contribution in [3.05, 3.63) is 48.3 Å². The average Bonchev–Trinajstić information content (AvgIpc) is 3.15. The first-order chi connectivity index (χ1) is 12.8. The lowest BCUT2D eigenvalue weighted by atomic mass is 9.90. The molecule has 5 nitrogen and oxygen atoms in total. The van der Waals surface area contributed by atoms with E-state index in [0.717, 1.165) is 16.6 Å². The molecule has 4 rings (SSSR count). The third-order valence-electron chi connectivity index (χ3n) is 4.95. The number of hydrogen-bond donors (Lipinski definition) is 2. The molecule has 2 heterocycles. The molecule has 0 unspecified atom stereocenters. The number of aromatic amines is 1. The van der Waals surface area contributed by atoms with Gasteiger partial charge in [0.05, 0.1) is 6.61 Å². The minimum atomic E-state index is 0.356. The molecule has 0 atom stereocenters. The van der Waals surface area contributed by atoms with Crippen molar-refractivity contribution in [1.29, 1.82) is 5.26 Å². The zero-order valence-electron chi connectivity index (χ0n) is 14.7. The van der Waals surface area contributed by atoms with Gasteiger partial charge in [0.2, 0.25) is 0 Å². The van der Waals surface area contributed by atoms with Gasteiger partial charge in [-0.2, -0.15) is 5.26 Å². The SMILES string of the molecule is N#Cc1cc(OCC2CCCCC2)cc(Nc2ccc3cc[nH]c3c2)n1. The van der Waals surface area contributed by atoms with Crippen molar-refractivity contribution >= 4 is 22.4 Å². The fourth-order valence-corrected chi connectivity index (χ4v) is 3.55. The van der Waals surface area contributed by atoms with Crippen LogP contribution in [0.5, 0.6) is 5.75 Å². The Hall–Kier alpha value is -3.00. The highest BCUT2D eigenvalue weighted by molar-refractivity contribution is 5.83. The summed E-state index contributed by atoms with van der Waals surface area (Å²) < 4.78 is 5.99. The van der Waals surface area contributed by atoms with Crippen LogP contribution >= 0.6 is 0 Å². The topological polar surface area (TPSA) is 73.7 Å². The number of aromatic nitrogens is 2. The second-order valence-electron chi connectivity index (χ2n) is 6.90. The normalized spacial score (nSPS) is 14.9. The number of pyridine rings is 1. The molecule has 0 radical (unpaired) electrons. The van der Waals surface area contributed by atoms with Gasteiger partial charge in [-0.25, -0.2) is 4.98 Å². The number of nitrogens with one attached hydrogen (secondary N) is 2. The number of nitriles is 1. The van der Waals surface area contributed by atoms with Crippen molar-refractivity contribution in [2.24, 2.45) is 5.92 Å². The second-order valence-corrected chi connectivity index (χ2v) is 6.90. The van der Waals surface area contributed by atoms with Crippen molar-refractivity contribution in [3.63, 3.8) is 0 Å². The summed E-state index contributed by atoms with van der Waals surface area (Å²) in [6, 6.07) is 13.8. The van der Waals surface area contributed by atoms with E-state index >= 15 is 0 Å². The molecule has 0 bridgehead atoms. The van der Waals surface area contributed by atoms with E-state index in [-0.39, 0.29) is 0 Å². The molecule has 5 heteroatoms. The summed E-state index contributed by atoms with van der Waals surface area (Å²) >= 11 is 0. The van der Waals surface area contributed by atoms with Gasteiger partial charge in [-0.05, 0) is 42.3 Å². The average molecular weight is 346 g/mol. The van der Waals surface area contributed by atoms with E-state index in [0.29, 0.717) is 29.8 Å². The van der Waals surface area contributed by atoms with Crippen LogP contribution in [0.25, 0.3) is 10.9 Å². The summed E-state index contributed by atoms with van der Waals surface area (Å²) in [6.45, 7) is 0.711. The first-order valence-corrected chi connectivity index (χ1v) is 9.19. The molecule has 26 heavy (non-hydrogen) atoms. The summed E-state index contributed by atoms with van der Waals surface area (Å²) in [5.74, 6) is 1.94. The maximum atomic E-state index is 9.28. The van der Waals surface area contributed by atoms with Crippen molar-refractivity contribution in [2.75, 3.05) is 11.9 Å². The highest BCUT2D eigenvalue weighted by Crippen LogP contribution is 2.27. The van der Waals surface area contributed by atoms with Gasteiger partial charge in [0.25, 0.3) is 0 Å². The number of hydrogen-bond acceptors (Lipinski definition) is 4. The van der Waals surface area contributed by atoms with Gasteiger partial charge in [-0.3, -0.25) is 0 Å². The highest BCUT2D eigenvalue weighted by atomic mass is 16.5. The zero-order chi connectivity index (χ0) is 17.8. The Morgan fingerprint density at radius 1 is 1.15 bits per heavy atom. The number of anilines is 2. The summed E-state index contributed by atoms with van der Waals surface area (Å²) in [5, 5.41) is 13.7. The maximum absolute atomic E-state index is 9.28. The fraction of sp³-hybridized carbons (Fsp3) is 0.333. The molecule has 2 aromatic heterocycles. The van der Waals surface area contributed by atoms with Crippen LogP contribution in [-0.2, 0) is 0 Å². The molecular weight excluding hydrogens is 324 g/mol. The molecule has 0 spiro atoms. The van der Waals surface area contributed by atoms with Crippen LogP contribution in [0.1, 0.15) is 37.8 Å². The molecule has 1 aliphatic rings. The van der Waals surface area contributed by atoms with E-state index in [1.807, 2.05) is 36.5 Å². The molecule has 1 fully saturated rings. The van der Waals surface area contributed by atoms with Crippen molar-refractivity contribution in [2.45, 2.75) is 32.1 Å². The Bertz CT molecular complexity index is 935. The molecule has 1 aliphatic carbocycles. The van der Waals surface area contributed by atoms with E-state index in [2.05, 4.69) is 21.4 Å². The molecule has 1 aromatic carbocycles. The van der Waals surface area contributed by atoms with Crippen LogP contribution in [0.15, 0.2) is 42.6 Å². The summed E-state index contributed by atoms with van der Waals surface area (Å²) in [6.07, 6.45) is 8.31. The Morgan fingerprint density at radius 2 is 2.04 bits per heavy atom. The van der Waals surface area contributed by atoms with Crippen LogP contribution in [0.3, 0.4) is 0 Å². The van der Waals surface area contributed by atoms with E-state index in [4.69, 9.17) is 4.74 Å². The van der Waals surface area contributed by atoms with Crippen molar-refractivity contribution in [1.82, 2.24) is 9.97 Å². The van der Waals surface area contributed by atoms with E-state index < -0.39 is 0 Å². The first kappa shape index (κ1) is 16.5. The lowest BCUT2D eigenvalue weighted by Gasteiger charge is -2.21. The first-order valence-electron chi connectivity index (χ1n) is 9.19. The van der Waals surface area contributed by atoms with Gasteiger partial charge in [0, 0.05) is 29.5 Å². The third kappa shape index (κ3) is 3.80. The Kier molecular flexibility index (Phi) is 4.74. The predicted octanol–water partition coefficient (Wildman–Crippen LogP) is 5.14. The number of benzene rings is 1. The summed E-state index contributed by atoms with van der Waals surface area (Å²) in [5.41, 5.74) is 2.33. The Balaban J connectivity index is 1.50. The van der Waals surface area contributed by atoms with Gasteiger partial charge >= 0.3 is 0 Å². The number of fused-ring (bicyclic) bond motifs is 1. The minimum Gasteiger partial charge on any atom is -0.493 e. The minimum absolute atomic E-state index is 0.356. The zero-order valence-corrected chi connectivity index (χ0v) is 14.7. The molecular formula is C21H22N4O. The van der Waals surface area contributed by atoms with Gasteiger partial charge in [-0.15, -0.1) is 0 Å². The Labute approximate surface area is 153 Å². The van der Waals surface area contributed by atoms with E-state index in [1.165, 1.54) is 32.1 Å². The van der Waals surface area contributed by atoms with Gasteiger partial charge in [0.15, 0.2) is 0 Å². The number of nitrogens with zero attached hydrogens (tertiary/aromatic N) is 2. The van der Waals surface area contributed by atoms with Crippen LogP contribution in [-0.4, -0.2) is 16.6 Å². The monoisotopic (exact) mass is 346 g/mol. The fourth-order valence-electron chi connectivity index (χ4n) is 3.55. The van der Waals surface area contributed by atoms with Crippen LogP contribution in [0.2, 0.25) is 0 Å². The molecule has 0 aliphatic heterocycles. The van der Waals surface area contributed by atoms with Gasteiger partial charge < -0.3 is 15.0 Å². The number of rotatable bonds is 5. The van der Waals surface area contributed by atoms with Gasteiger partial charge in [-0.1, -0.05) is 25.3 Å². The molecule has 2 N–H and O–H groups in total.